The lowest BCUT2D eigenvalue weighted by Gasteiger charge is -2.28. The van der Waals surface area contributed by atoms with Gasteiger partial charge in [-0.05, 0) is 12.1 Å². The number of imidazole rings is 1. The Bertz CT molecular complexity index is 1410. The number of aryl methyl sites for hydroxylation is 1. The van der Waals surface area contributed by atoms with Crippen LogP contribution in [0.5, 0.6) is 0 Å². The number of benzene rings is 1. The van der Waals surface area contributed by atoms with Crippen LogP contribution in [0.2, 0.25) is 0 Å². The number of hydrogen-bond donors (Lipinski definition) is 1. The van der Waals surface area contributed by atoms with Crippen molar-refractivity contribution in [1.29, 1.82) is 0 Å². The van der Waals surface area contributed by atoms with Gasteiger partial charge in [-0.15, -0.1) is 0 Å². The van der Waals surface area contributed by atoms with Gasteiger partial charge in [-0.25, -0.2) is 19.5 Å². The highest BCUT2D eigenvalue weighted by Crippen LogP contribution is 2.29. The molecule has 0 bridgehead atoms. The van der Waals surface area contributed by atoms with E-state index in [1.807, 2.05) is 66.5 Å². The van der Waals surface area contributed by atoms with Crippen molar-refractivity contribution in [1.82, 2.24) is 30.1 Å². The third-order valence-electron chi connectivity index (χ3n) is 5.54. The Morgan fingerprint density at radius 2 is 1.67 bits per heavy atom. The van der Waals surface area contributed by atoms with Crippen molar-refractivity contribution in [2.75, 3.05) is 31.2 Å². The molecular formula is C23H21N8O2+. The summed E-state index contributed by atoms with van der Waals surface area (Å²) in [6.45, 7) is 2.72. The average Bonchev–Trinajstić information content (AvgIpc) is 3.53. The van der Waals surface area contributed by atoms with Gasteiger partial charge in [-0.1, -0.05) is 23.4 Å². The summed E-state index contributed by atoms with van der Waals surface area (Å²) in [5.41, 5.74) is 3.13. The molecule has 10 heteroatoms. The van der Waals surface area contributed by atoms with E-state index < -0.39 is 0 Å². The number of morpholine rings is 1. The second-order valence-electron chi connectivity index (χ2n) is 7.80. The molecule has 0 spiro atoms. The van der Waals surface area contributed by atoms with Gasteiger partial charge in [0, 0.05) is 36.3 Å². The number of H-pyrrole nitrogens is 1. The molecule has 1 aliphatic rings. The van der Waals surface area contributed by atoms with Gasteiger partial charge in [-0.2, -0.15) is 4.98 Å². The number of anilines is 1. The minimum atomic E-state index is 0.321. The Hall–Kier alpha value is -4.18. The first-order chi connectivity index (χ1) is 16.2. The van der Waals surface area contributed by atoms with Gasteiger partial charge < -0.3 is 19.1 Å². The van der Waals surface area contributed by atoms with Crippen molar-refractivity contribution >= 4 is 17.0 Å². The van der Waals surface area contributed by atoms with Gasteiger partial charge >= 0.3 is 0 Å². The summed E-state index contributed by atoms with van der Waals surface area (Å²) in [6, 6.07) is 13.6. The van der Waals surface area contributed by atoms with Crippen LogP contribution in [0.4, 0.5) is 5.82 Å². The summed E-state index contributed by atoms with van der Waals surface area (Å²) >= 11 is 0. The quantitative estimate of drug-likeness (QED) is 0.424. The van der Waals surface area contributed by atoms with E-state index in [4.69, 9.17) is 19.2 Å². The monoisotopic (exact) mass is 441 g/mol. The molecule has 0 amide bonds. The molecule has 1 aliphatic heterocycles. The number of nitrogens with one attached hydrogen (secondary N) is 1. The Kier molecular flexibility index (Phi) is 4.76. The maximum Gasteiger partial charge on any atom is 0.258 e. The number of rotatable bonds is 4. The number of hydrogen-bond acceptors (Lipinski definition) is 8. The van der Waals surface area contributed by atoms with Crippen LogP contribution >= 0.6 is 0 Å². The molecule has 5 aromatic rings. The van der Waals surface area contributed by atoms with Crippen LogP contribution in [-0.2, 0) is 11.8 Å². The Labute approximate surface area is 188 Å². The Balaban J connectivity index is 1.47. The van der Waals surface area contributed by atoms with Crippen molar-refractivity contribution in [2.24, 2.45) is 7.05 Å². The lowest BCUT2D eigenvalue weighted by atomic mass is 10.2. The fourth-order valence-electron chi connectivity index (χ4n) is 3.79. The van der Waals surface area contributed by atoms with E-state index in [1.165, 1.54) is 0 Å². The molecular weight excluding hydrogens is 420 g/mol. The minimum Gasteiger partial charge on any atom is -0.378 e. The number of ether oxygens (including phenoxy) is 1. The van der Waals surface area contributed by atoms with Crippen LogP contribution < -0.4 is 9.47 Å². The number of aromatic nitrogens is 7. The highest BCUT2D eigenvalue weighted by atomic mass is 16.5. The lowest BCUT2D eigenvalue weighted by molar-refractivity contribution is -0.671. The molecule has 0 atom stereocenters. The van der Waals surface area contributed by atoms with Gasteiger partial charge in [0.1, 0.15) is 18.4 Å². The van der Waals surface area contributed by atoms with E-state index >= 15 is 0 Å². The molecule has 1 fully saturated rings. The zero-order chi connectivity index (χ0) is 22.2. The fourth-order valence-corrected chi connectivity index (χ4v) is 3.79. The summed E-state index contributed by atoms with van der Waals surface area (Å²) in [6.07, 6.45) is 3.96. The first-order valence-electron chi connectivity index (χ1n) is 10.7. The lowest BCUT2D eigenvalue weighted by Crippen LogP contribution is -2.37. The van der Waals surface area contributed by atoms with Gasteiger partial charge in [0.2, 0.25) is 11.6 Å². The molecule has 33 heavy (non-hydrogen) atoms. The summed E-state index contributed by atoms with van der Waals surface area (Å²) < 4.78 is 13.0. The summed E-state index contributed by atoms with van der Waals surface area (Å²) in [5, 5.41) is 4.14. The topological polar surface area (TPSA) is 110 Å². The third kappa shape index (κ3) is 3.70. The van der Waals surface area contributed by atoms with Crippen molar-refractivity contribution in [2.45, 2.75) is 0 Å². The number of fused-ring (bicyclic) bond motifs is 1. The summed E-state index contributed by atoms with van der Waals surface area (Å²) in [4.78, 5) is 24.4. The van der Waals surface area contributed by atoms with Gasteiger partial charge in [-0.3, -0.25) is 0 Å². The maximum atomic E-state index is 5.53. The zero-order valence-corrected chi connectivity index (χ0v) is 18.0. The highest BCUT2D eigenvalue weighted by molar-refractivity contribution is 5.87. The second kappa shape index (κ2) is 8.06. The van der Waals surface area contributed by atoms with E-state index in [-0.39, 0.29) is 0 Å². The van der Waals surface area contributed by atoms with Gasteiger partial charge in [0.15, 0.2) is 23.9 Å². The second-order valence-corrected chi connectivity index (χ2v) is 7.80. The normalized spacial score (nSPS) is 14.2. The van der Waals surface area contributed by atoms with E-state index in [0.29, 0.717) is 36.4 Å². The first kappa shape index (κ1) is 19.5. The first-order valence-corrected chi connectivity index (χ1v) is 10.7. The van der Waals surface area contributed by atoms with Crippen molar-refractivity contribution in [3.63, 3.8) is 0 Å². The number of pyridine rings is 1. The number of aromatic amines is 1. The van der Waals surface area contributed by atoms with Crippen LogP contribution in [0, 0.1) is 0 Å². The van der Waals surface area contributed by atoms with Crippen molar-refractivity contribution < 1.29 is 13.8 Å². The molecule has 0 aliphatic carbocycles. The Morgan fingerprint density at radius 3 is 2.45 bits per heavy atom. The molecule has 0 saturated carbocycles. The molecule has 0 unspecified atom stereocenters. The van der Waals surface area contributed by atoms with E-state index in [0.717, 1.165) is 41.4 Å². The summed E-state index contributed by atoms with van der Waals surface area (Å²) in [7, 11) is 1.98. The molecule has 6 rings (SSSR count). The predicted octanol–water partition coefficient (Wildman–Crippen LogP) is 2.40. The Morgan fingerprint density at radius 1 is 0.879 bits per heavy atom. The molecule has 0 radical (unpaired) electrons. The van der Waals surface area contributed by atoms with Crippen molar-refractivity contribution in [3.8, 4) is 34.5 Å². The molecule has 164 valence electrons. The standard InChI is InChI=1S/C23H20N8O2/c1-30-9-7-15(8-10-30)18-24-17-19(25-18)26-20(27-22(17)31-11-13-32-14-12-31)21-28-23(33-29-21)16-5-3-2-4-6-16/h2-10H,11-14H2,1H3/p+1. The molecule has 1 aromatic carbocycles. The molecule has 4 aromatic heterocycles. The molecule has 10 nitrogen and oxygen atoms in total. The largest absolute Gasteiger partial charge is 0.378 e. The molecule has 5 heterocycles. The zero-order valence-electron chi connectivity index (χ0n) is 18.0. The number of nitrogens with zero attached hydrogens (tertiary/aromatic N) is 7. The molecule has 1 saturated heterocycles. The van der Waals surface area contributed by atoms with E-state index in [9.17, 15) is 0 Å². The minimum absolute atomic E-state index is 0.321. The van der Waals surface area contributed by atoms with Crippen LogP contribution in [0.3, 0.4) is 0 Å². The summed E-state index contributed by atoms with van der Waals surface area (Å²) in [5.74, 6) is 2.59. The predicted molar refractivity (Wildman–Crippen MR) is 120 cm³/mol. The fraction of sp³-hybridized carbons (Fsp3) is 0.217. The van der Waals surface area contributed by atoms with Crippen molar-refractivity contribution in [3.05, 3.63) is 54.9 Å². The smallest absolute Gasteiger partial charge is 0.258 e. The van der Waals surface area contributed by atoms with Gasteiger partial charge in [0.25, 0.3) is 5.89 Å². The van der Waals surface area contributed by atoms with Crippen LogP contribution in [0.25, 0.3) is 45.7 Å². The SMILES string of the molecule is C[n+]1ccc(-c2nc3nc(-c4noc(-c5ccccc5)n4)nc(N4CCOCC4)c3[nH]2)cc1. The molecule has 1 N–H and O–H groups in total. The van der Waals surface area contributed by atoms with Gasteiger partial charge in [0.05, 0.1) is 13.2 Å². The van der Waals surface area contributed by atoms with Crippen LogP contribution in [-0.4, -0.2) is 56.4 Å². The average molecular weight is 441 g/mol. The highest BCUT2D eigenvalue weighted by Gasteiger charge is 2.23. The maximum absolute atomic E-state index is 5.53. The van der Waals surface area contributed by atoms with Crippen LogP contribution in [0.15, 0.2) is 59.4 Å². The van der Waals surface area contributed by atoms with E-state index in [1.54, 1.807) is 0 Å². The third-order valence-corrected chi connectivity index (χ3v) is 5.54. The van der Waals surface area contributed by atoms with Crippen LogP contribution in [0.1, 0.15) is 0 Å². The van der Waals surface area contributed by atoms with E-state index in [2.05, 4.69) is 25.0 Å².